The second kappa shape index (κ2) is 8.36. The Balaban J connectivity index is 1.40. The number of aliphatic hydroxyl groups excluding tert-OH is 1. The molecule has 1 N–H and O–H groups in total. The van der Waals surface area contributed by atoms with Crippen LogP contribution in [0.5, 0.6) is 0 Å². The van der Waals surface area contributed by atoms with Crippen LogP contribution in [0.1, 0.15) is 21.5 Å². The van der Waals surface area contributed by atoms with Crippen LogP contribution in [0.15, 0.2) is 42.5 Å². The van der Waals surface area contributed by atoms with Crippen LogP contribution in [0.4, 0.5) is 16.2 Å². The molecule has 7 heteroatoms. The molecule has 2 aliphatic heterocycles. The third kappa shape index (κ3) is 3.85. The molecule has 4 rings (SSSR count). The maximum atomic E-state index is 12.9. The number of benzene rings is 2. The first-order chi connectivity index (χ1) is 14.5. The van der Waals surface area contributed by atoms with E-state index in [1.165, 1.54) is 21.7 Å². The van der Waals surface area contributed by atoms with Gasteiger partial charge in [-0.1, -0.05) is 17.7 Å². The van der Waals surface area contributed by atoms with Crippen molar-refractivity contribution in [2.75, 3.05) is 49.2 Å². The summed E-state index contributed by atoms with van der Waals surface area (Å²) in [6, 6.07) is 13.0. The smallest absolute Gasteiger partial charge is 0.414 e. The highest BCUT2D eigenvalue weighted by atomic mass is 16.6. The molecule has 2 aliphatic rings. The molecule has 1 atom stereocenters. The number of aliphatic hydroxyl groups is 1. The zero-order valence-corrected chi connectivity index (χ0v) is 17.4. The minimum atomic E-state index is -0.476. The Labute approximate surface area is 176 Å². The highest BCUT2D eigenvalue weighted by molar-refractivity contribution is 5.96. The summed E-state index contributed by atoms with van der Waals surface area (Å²) in [5.74, 6) is -0.00969. The normalized spacial score (nSPS) is 19.2. The lowest BCUT2D eigenvalue weighted by molar-refractivity contribution is 0.0746. The van der Waals surface area contributed by atoms with Crippen molar-refractivity contribution in [3.63, 3.8) is 0 Å². The van der Waals surface area contributed by atoms with E-state index < -0.39 is 12.1 Å². The average molecular weight is 409 g/mol. The summed E-state index contributed by atoms with van der Waals surface area (Å²) in [6.45, 7) is 7.14. The number of ether oxygens (including phenoxy) is 1. The summed E-state index contributed by atoms with van der Waals surface area (Å²) in [4.78, 5) is 30.5. The number of aryl methyl sites for hydroxylation is 2. The summed E-state index contributed by atoms with van der Waals surface area (Å²) < 4.78 is 5.00. The number of cyclic esters (lactones) is 1. The fourth-order valence-corrected chi connectivity index (χ4v) is 4.17. The number of hydrogen-bond acceptors (Lipinski definition) is 5. The van der Waals surface area contributed by atoms with Crippen LogP contribution in [0.25, 0.3) is 0 Å². The van der Waals surface area contributed by atoms with Gasteiger partial charge in [0.15, 0.2) is 0 Å². The lowest BCUT2D eigenvalue weighted by Crippen LogP contribution is -2.49. The molecule has 0 aromatic heterocycles. The van der Waals surface area contributed by atoms with Crippen molar-refractivity contribution in [2.24, 2.45) is 0 Å². The van der Waals surface area contributed by atoms with Crippen molar-refractivity contribution in [3.05, 3.63) is 59.2 Å². The van der Waals surface area contributed by atoms with Crippen LogP contribution in [0.3, 0.4) is 0 Å². The van der Waals surface area contributed by atoms with Crippen molar-refractivity contribution in [1.82, 2.24) is 4.90 Å². The topological polar surface area (TPSA) is 73.3 Å². The predicted octanol–water partition coefficient (Wildman–Crippen LogP) is 2.58. The minimum absolute atomic E-state index is 0.00969. The van der Waals surface area contributed by atoms with Crippen molar-refractivity contribution >= 4 is 23.4 Å². The first-order valence-electron chi connectivity index (χ1n) is 10.3. The number of rotatable bonds is 4. The lowest BCUT2D eigenvalue weighted by atomic mass is 10.1. The van der Waals surface area contributed by atoms with E-state index >= 15 is 0 Å². The Morgan fingerprint density at radius 1 is 1.07 bits per heavy atom. The monoisotopic (exact) mass is 409 g/mol. The first kappa shape index (κ1) is 20.2. The number of hydrogen-bond donors (Lipinski definition) is 1. The van der Waals surface area contributed by atoms with Gasteiger partial charge in [-0.15, -0.1) is 0 Å². The van der Waals surface area contributed by atoms with Gasteiger partial charge < -0.3 is 19.6 Å². The largest absolute Gasteiger partial charge is 0.447 e. The van der Waals surface area contributed by atoms with Gasteiger partial charge in [0.1, 0.15) is 6.61 Å². The molecule has 0 aliphatic carbocycles. The zero-order valence-electron chi connectivity index (χ0n) is 17.4. The van der Waals surface area contributed by atoms with E-state index in [1.54, 1.807) is 24.3 Å². The molecule has 2 fully saturated rings. The molecule has 0 unspecified atom stereocenters. The van der Waals surface area contributed by atoms with Gasteiger partial charge in [-0.2, -0.15) is 0 Å². The summed E-state index contributed by atoms with van der Waals surface area (Å²) in [5.41, 5.74) is 4.94. The second-order valence-corrected chi connectivity index (χ2v) is 7.90. The standard InChI is InChI=1S/C23H27N3O4/c1-16-3-8-21(17(2)13-16)24-9-11-25(12-10-24)22(28)18-4-6-19(7-5-18)26-20(14-27)15-30-23(26)29/h3-8,13,20,27H,9-12,14-15H2,1-2H3/t20-/m1/s1. The molecule has 0 saturated carbocycles. The van der Waals surface area contributed by atoms with Gasteiger partial charge in [0.05, 0.1) is 12.6 Å². The first-order valence-corrected chi connectivity index (χ1v) is 10.3. The van der Waals surface area contributed by atoms with Crippen molar-refractivity contribution < 1.29 is 19.4 Å². The van der Waals surface area contributed by atoms with E-state index in [1.807, 2.05) is 4.90 Å². The van der Waals surface area contributed by atoms with Gasteiger partial charge >= 0.3 is 6.09 Å². The van der Waals surface area contributed by atoms with E-state index in [-0.39, 0.29) is 19.1 Å². The van der Waals surface area contributed by atoms with Crippen LogP contribution in [-0.4, -0.2) is 67.4 Å². The van der Waals surface area contributed by atoms with Crippen molar-refractivity contribution in [2.45, 2.75) is 19.9 Å². The molecule has 30 heavy (non-hydrogen) atoms. The Morgan fingerprint density at radius 3 is 2.40 bits per heavy atom. The molecule has 2 amide bonds. The van der Waals surface area contributed by atoms with Gasteiger partial charge in [0, 0.05) is 43.1 Å². The van der Waals surface area contributed by atoms with Crippen molar-refractivity contribution in [1.29, 1.82) is 0 Å². The fraction of sp³-hybridized carbons (Fsp3) is 0.391. The molecule has 0 bridgehead atoms. The van der Waals surface area contributed by atoms with E-state index in [0.29, 0.717) is 24.3 Å². The summed E-state index contributed by atoms with van der Waals surface area (Å²) in [7, 11) is 0. The minimum Gasteiger partial charge on any atom is -0.447 e. The van der Waals surface area contributed by atoms with Gasteiger partial charge in [0.25, 0.3) is 5.91 Å². The number of nitrogens with zero attached hydrogens (tertiary/aromatic N) is 3. The van der Waals surface area contributed by atoms with Crippen molar-refractivity contribution in [3.8, 4) is 0 Å². The quantitative estimate of drug-likeness (QED) is 0.840. The Morgan fingerprint density at radius 2 is 1.77 bits per heavy atom. The van der Waals surface area contributed by atoms with Gasteiger partial charge in [-0.05, 0) is 49.7 Å². The number of amides is 2. The summed E-state index contributed by atoms with van der Waals surface area (Å²) >= 11 is 0. The van der Waals surface area contributed by atoms with Gasteiger partial charge in [0.2, 0.25) is 0 Å². The highest BCUT2D eigenvalue weighted by Gasteiger charge is 2.33. The molecule has 0 radical (unpaired) electrons. The molecule has 158 valence electrons. The van der Waals surface area contributed by atoms with E-state index in [2.05, 4.69) is 36.9 Å². The van der Waals surface area contributed by atoms with E-state index in [0.717, 1.165) is 13.1 Å². The molecule has 2 saturated heterocycles. The van der Waals surface area contributed by atoms with Crippen LogP contribution in [0, 0.1) is 13.8 Å². The number of anilines is 2. The van der Waals surface area contributed by atoms with Crippen LogP contribution < -0.4 is 9.80 Å². The average Bonchev–Trinajstić information content (AvgIpc) is 3.14. The predicted molar refractivity (Wildman–Crippen MR) is 115 cm³/mol. The third-order valence-corrected chi connectivity index (χ3v) is 5.82. The van der Waals surface area contributed by atoms with Gasteiger partial charge in [-0.3, -0.25) is 9.69 Å². The maximum Gasteiger partial charge on any atom is 0.414 e. The third-order valence-electron chi connectivity index (χ3n) is 5.82. The van der Waals surface area contributed by atoms with Crippen LogP contribution in [-0.2, 0) is 4.74 Å². The highest BCUT2D eigenvalue weighted by Crippen LogP contribution is 2.25. The number of carbonyl (C=O) groups is 2. The molecular weight excluding hydrogens is 382 g/mol. The fourth-order valence-electron chi connectivity index (χ4n) is 4.17. The van der Waals surface area contributed by atoms with Gasteiger partial charge in [-0.25, -0.2) is 4.79 Å². The molecule has 2 aromatic carbocycles. The summed E-state index contributed by atoms with van der Waals surface area (Å²) in [6.07, 6.45) is -0.476. The molecular formula is C23H27N3O4. The Bertz CT molecular complexity index is 936. The molecule has 2 heterocycles. The number of carbonyl (C=O) groups excluding carboxylic acids is 2. The molecule has 7 nitrogen and oxygen atoms in total. The Hall–Kier alpha value is -3.06. The zero-order chi connectivity index (χ0) is 21.3. The van der Waals surface area contributed by atoms with Crippen LogP contribution >= 0.6 is 0 Å². The maximum absolute atomic E-state index is 12.9. The second-order valence-electron chi connectivity index (χ2n) is 7.90. The number of piperazine rings is 1. The van der Waals surface area contributed by atoms with E-state index in [9.17, 15) is 14.7 Å². The van der Waals surface area contributed by atoms with Crippen LogP contribution in [0.2, 0.25) is 0 Å². The molecule has 0 spiro atoms. The van der Waals surface area contributed by atoms with E-state index in [4.69, 9.17) is 4.74 Å². The lowest BCUT2D eigenvalue weighted by Gasteiger charge is -2.37. The Kier molecular flexibility index (Phi) is 5.63. The summed E-state index contributed by atoms with van der Waals surface area (Å²) in [5, 5.41) is 9.42. The molecule has 2 aromatic rings. The SMILES string of the molecule is Cc1ccc(N2CCN(C(=O)c3ccc(N4C(=O)OC[C@H]4CO)cc3)CC2)c(C)c1.